The van der Waals surface area contributed by atoms with Crippen LogP contribution < -0.4 is 0 Å². The van der Waals surface area contributed by atoms with Gasteiger partial charge in [-0.3, -0.25) is 0 Å². The van der Waals surface area contributed by atoms with Crippen LogP contribution in [0.5, 0.6) is 0 Å². The van der Waals surface area contributed by atoms with Crippen molar-refractivity contribution < 1.29 is 30.4 Å². The Morgan fingerprint density at radius 3 is 1.08 bits per heavy atom. The Hall–Kier alpha value is -0.417. The van der Waals surface area contributed by atoms with E-state index < -0.39 is 0 Å². The molecule has 2 nitrogen and oxygen atoms in total. The maximum absolute atomic E-state index is 3.14. The fraction of sp³-hybridized carbons (Fsp3) is 0.400. The smallest absolute Gasteiger partial charge is 0 e. The molecule has 1 aliphatic carbocycles. The quantitative estimate of drug-likeness (QED) is 0.471. The number of rotatable bonds is 0. The van der Waals surface area contributed by atoms with Gasteiger partial charge in [0.1, 0.15) is 0 Å². The van der Waals surface area contributed by atoms with Crippen molar-refractivity contribution in [3.05, 3.63) is 35.8 Å². The first-order valence-electron chi connectivity index (χ1n) is 3.79. The van der Waals surface area contributed by atoms with Gasteiger partial charge in [-0.15, -0.1) is 11.5 Å². The van der Waals surface area contributed by atoms with Gasteiger partial charge in [-0.05, 0) is 50.0 Å². The van der Waals surface area contributed by atoms with Gasteiger partial charge in [0, 0.05) is 19.5 Å². The third kappa shape index (κ3) is 11.6. The van der Waals surface area contributed by atoms with Gasteiger partial charge in [0.25, 0.3) is 0 Å². The Morgan fingerprint density at radius 1 is 0.615 bits per heavy atom. The maximum Gasteiger partial charge on any atom is 0 e. The Balaban J connectivity index is -0.000000333. The summed E-state index contributed by atoms with van der Waals surface area (Å²) in [5, 5.41) is 0. The summed E-state index contributed by atoms with van der Waals surface area (Å²) < 4.78 is 0. The minimum atomic E-state index is 0. The van der Waals surface area contributed by atoms with Gasteiger partial charge >= 0.3 is 0 Å². The van der Waals surface area contributed by atoms with Gasteiger partial charge in [-0.25, -0.2) is 0 Å². The molecule has 0 amide bonds. The summed E-state index contributed by atoms with van der Waals surface area (Å²) in [4.78, 5) is 0. The molecule has 0 saturated heterocycles. The normalized spacial score (nSPS) is 13.5. The number of hydrogen-bond acceptors (Lipinski definition) is 0. The first kappa shape index (κ1) is 18.4. The molecule has 0 spiro atoms. The van der Waals surface area contributed by atoms with Crippen LogP contribution >= 0.6 is 0 Å². The first-order valence-corrected chi connectivity index (χ1v) is 3.79. The summed E-state index contributed by atoms with van der Waals surface area (Å²) in [6.07, 6.45) is 12.7. The van der Waals surface area contributed by atoms with E-state index in [9.17, 15) is 0 Å². The minimum Gasteiger partial charge on any atom is -0.412 e. The average molecular weight is 271 g/mol. The third-order valence-electron chi connectivity index (χ3n) is 1.38. The van der Waals surface area contributed by atoms with Gasteiger partial charge in [-0.1, -0.05) is 0 Å². The van der Waals surface area contributed by atoms with E-state index >= 15 is 0 Å². The van der Waals surface area contributed by atoms with Crippen molar-refractivity contribution in [1.82, 2.24) is 0 Å². The minimum absolute atomic E-state index is 0. The largest absolute Gasteiger partial charge is 0.412 e. The third-order valence-corrected chi connectivity index (χ3v) is 1.38. The Morgan fingerprint density at radius 2 is 0.846 bits per heavy atom. The van der Waals surface area contributed by atoms with Gasteiger partial charge in [0.05, 0.1) is 0 Å². The van der Waals surface area contributed by atoms with Crippen molar-refractivity contribution in [3.63, 3.8) is 0 Å². The average Bonchev–Trinajstić information content (AvgIpc) is 2.01. The molecule has 0 heterocycles. The van der Waals surface area contributed by atoms with Crippen molar-refractivity contribution in [2.75, 3.05) is 0 Å². The zero-order valence-corrected chi connectivity index (χ0v) is 9.11. The van der Waals surface area contributed by atoms with Crippen LogP contribution in [0, 0.1) is 0 Å². The molecule has 3 heteroatoms. The SMILES string of the molecule is C1=CCCC=C=CCCC=1.O.O.[Rh]. The second-order valence-corrected chi connectivity index (χ2v) is 2.30. The monoisotopic (exact) mass is 271 g/mol. The standard InChI is InChI=1S/C10H12.2H2O.Rh/c1-2-4-6-8-10-9-7-5-3-1;;;/h1,5-6,10H,2,4,7,9H2;2*1H2;. The topological polar surface area (TPSA) is 63.0 Å². The van der Waals surface area contributed by atoms with Gasteiger partial charge in [0.15, 0.2) is 0 Å². The molecule has 0 atom stereocenters. The molecule has 0 aromatic heterocycles. The molecule has 0 aromatic rings. The molecule has 1 rings (SSSR count). The molecule has 0 unspecified atom stereocenters. The number of hydrogen-bond donors (Lipinski definition) is 0. The van der Waals surface area contributed by atoms with Crippen LogP contribution in [-0.4, -0.2) is 11.0 Å². The van der Waals surface area contributed by atoms with Crippen molar-refractivity contribution in [2.45, 2.75) is 25.7 Å². The summed E-state index contributed by atoms with van der Waals surface area (Å²) >= 11 is 0. The summed E-state index contributed by atoms with van der Waals surface area (Å²) in [5.74, 6) is 0. The molecule has 0 aliphatic heterocycles. The van der Waals surface area contributed by atoms with Crippen LogP contribution in [0.3, 0.4) is 0 Å². The van der Waals surface area contributed by atoms with E-state index in [0.717, 1.165) is 25.7 Å². The van der Waals surface area contributed by atoms with Crippen LogP contribution in [0.15, 0.2) is 35.8 Å². The number of allylic oxidation sites excluding steroid dienone is 2. The van der Waals surface area contributed by atoms with Crippen molar-refractivity contribution in [1.29, 1.82) is 0 Å². The molecular weight excluding hydrogens is 255 g/mol. The van der Waals surface area contributed by atoms with Crippen molar-refractivity contribution >= 4 is 0 Å². The summed E-state index contributed by atoms with van der Waals surface area (Å²) in [6.45, 7) is 0. The molecule has 1 radical (unpaired) electrons. The van der Waals surface area contributed by atoms with Crippen molar-refractivity contribution in [3.8, 4) is 0 Å². The van der Waals surface area contributed by atoms with Crippen LogP contribution in [0.4, 0.5) is 0 Å². The van der Waals surface area contributed by atoms with Crippen LogP contribution in [0.2, 0.25) is 0 Å². The van der Waals surface area contributed by atoms with Gasteiger partial charge in [0.2, 0.25) is 0 Å². The summed E-state index contributed by atoms with van der Waals surface area (Å²) in [5.41, 5.74) is 6.27. The van der Waals surface area contributed by atoms with E-state index in [1.54, 1.807) is 0 Å². The van der Waals surface area contributed by atoms with Crippen LogP contribution in [0.1, 0.15) is 25.7 Å². The molecule has 0 aromatic carbocycles. The molecule has 1 aliphatic rings. The van der Waals surface area contributed by atoms with E-state index in [2.05, 4.69) is 35.8 Å². The Bertz CT molecular complexity index is 169. The van der Waals surface area contributed by atoms with E-state index in [1.807, 2.05) is 0 Å². The van der Waals surface area contributed by atoms with Gasteiger partial charge < -0.3 is 11.0 Å². The van der Waals surface area contributed by atoms with Crippen LogP contribution in [0.25, 0.3) is 0 Å². The van der Waals surface area contributed by atoms with E-state index in [1.165, 1.54) is 0 Å². The molecule has 0 bridgehead atoms. The van der Waals surface area contributed by atoms with Crippen molar-refractivity contribution in [2.24, 2.45) is 0 Å². The zero-order chi connectivity index (χ0) is 7.07. The fourth-order valence-corrected chi connectivity index (χ4v) is 0.833. The second kappa shape index (κ2) is 14.1. The van der Waals surface area contributed by atoms with E-state index in [0.29, 0.717) is 0 Å². The molecule has 4 N–H and O–H groups in total. The maximum atomic E-state index is 3.14. The predicted octanol–water partition coefficient (Wildman–Crippen LogP) is 1.33. The molecule has 0 fully saturated rings. The molecule has 77 valence electrons. The van der Waals surface area contributed by atoms with E-state index in [4.69, 9.17) is 0 Å². The molecular formula is C10H16O2Rh. The molecule has 0 saturated carbocycles. The summed E-state index contributed by atoms with van der Waals surface area (Å²) in [6, 6.07) is 0. The first-order chi connectivity index (χ1) is 5.00. The predicted molar refractivity (Wildman–Crippen MR) is 51.0 cm³/mol. The Kier molecular flexibility index (Phi) is 20.0. The van der Waals surface area contributed by atoms with Gasteiger partial charge in [-0.2, -0.15) is 0 Å². The van der Waals surface area contributed by atoms with Crippen LogP contribution in [-0.2, 0) is 19.5 Å². The molecule has 13 heavy (non-hydrogen) atoms. The van der Waals surface area contributed by atoms with E-state index in [-0.39, 0.29) is 30.4 Å². The Labute approximate surface area is 92.1 Å². The zero-order valence-electron chi connectivity index (χ0n) is 7.47. The summed E-state index contributed by atoms with van der Waals surface area (Å²) in [7, 11) is 0. The fourth-order valence-electron chi connectivity index (χ4n) is 0.833. The second-order valence-electron chi connectivity index (χ2n) is 2.30.